The fraction of sp³-hybridized carbons (Fsp3) is 0.333. The van der Waals surface area contributed by atoms with E-state index in [0.29, 0.717) is 19.4 Å². The van der Waals surface area contributed by atoms with Gasteiger partial charge < -0.3 is 15.0 Å². The molecular formula is C21H24N2O3. The quantitative estimate of drug-likeness (QED) is 0.833. The molecule has 0 unspecified atom stereocenters. The zero-order chi connectivity index (χ0) is 18.4. The second kappa shape index (κ2) is 8.52. The Hall–Kier alpha value is -2.82. The van der Waals surface area contributed by atoms with Crippen molar-refractivity contribution in [1.29, 1.82) is 0 Å². The Labute approximate surface area is 154 Å². The third-order valence-electron chi connectivity index (χ3n) is 4.64. The first-order valence-electron chi connectivity index (χ1n) is 8.90. The zero-order valence-electron chi connectivity index (χ0n) is 15.0. The highest BCUT2D eigenvalue weighted by molar-refractivity contribution is 5.80. The summed E-state index contributed by atoms with van der Waals surface area (Å²) in [6, 6.07) is 17.1. The van der Waals surface area contributed by atoms with Crippen LogP contribution >= 0.6 is 0 Å². The molecule has 136 valence electrons. The molecule has 2 amide bonds. The molecule has 0 bridgehead atoms. The maximum Gasteiger partial charge on any atom is 0.224 e. The van der Waals surface area contributed by atoms with E-state index in [-0.39, 0.29) is 17.9 Å². The van der Waals surface area contributed by atoms with Crippen LogP contribution in [0.2, 0.25) is 0 Å². The van der Waals surface area contributed by atoms with Crippen molar-refractivity contribution < 1.29 is 14.3 Å². The minimum absolute atomic E-state index is 0.0596. The number of likely N-dealkylation sites (tertiary alicyclic amines) is 1. The molecule has 1 atom stereocenters. The van der Waals surface area contributed by atoms with Crippen molar-refractivity contribution in [3.63, 3.8) is 0 Å². The number of amides is 2. The number of hydrogen-bond acceptors (Lipinski definition) is 3. The van der Waals surface area contributed by atoms with Crippen LogP contribution in [-0.2, 0) is 16.0 Å². The molecule has 0 aromatic heterocycles. The summed E-state index contributed by atoms with van der Waals surface area (Å²) in [5.41, 5.74) is 1.93. The summed E-state index contributed by atoms with van der Waals surface area (Å²) in [6.45, 7) is 1.27. The van der Waals surface area contributed by atoms with E-state index in [1.807, 2.05) is 59.5 Å². The lowest BCUT2D eigenvalue weighted by atomic mass is 10.1. The summed E-state index contributed by atoms with van der Waals surface area (Å²) in [6.07, 6.45) is 1.78. The van der Waals surface area contributed by atoms with Gasteiger partial charge in [-0.25, -0.2) is 0 Å². The fourth-order valence-corrected chi connectivity index (χ4v) is 3.21. The highest BCUT2D eigenvalue weighted by Crippen LogP contribution is 2.19. The van der Waals surface area contributed by atoms with Gasteiger partial charge in [0.15, 0.2) is 0 Å². The van der Waals surface area contributed by atoms with Gasteiger partial charge in [-0.3, -0.25) is 9.59 Å². The van der Waals surface area contributed by atoms with Crippen LogP contribution in [0, 0.1) is 0 Å². The largest absolute Gasteiger partial charge is 0.497 e. The normalized spacial score (nSPS) is 15.0. The van der Waals surface area contributed by atoms with Crippen molar-refractivity contribution in [3.8, 4) is 5.75 Å². The predicted octanol–water partition coefficient (Wildman–Crippen LogP) is 2.72. The van der Waals surface area contributed by atoms with Gasteiger partial charge in [0.25, 0.3) is 0 Å². The summed E-state index contributed by atoms with van der Waals surface area (Å²) in [5.74, 6) is 0.870. The van der Waals surface area contributed by atoms with E-state index < -0.39 is 0 Å². The minimum atomic E-state index is -0.205. The van der Waals surface area contributed by atoms with Gasteiger partial charge in [0.2, 0.25) is 11.8 Å². The lowest BCUT2D eigenvalue weighted by Crippen LogP contribution is -2.39. The van der Waals surface area contributed by atoms with Crippen LogP contribution in [0.25, 0.3) is 0 Å². The van der Waals surface area contributed by atoms with Crippen LogP contribution < -0.4 is 10.1 Å². The zero-order valence-corrected chi connectivity index (χ0v) is 15.0. The second-order valence-corrected chi connectivity index (χ2v) is 6.50. The number of benzene rings is 2. The summed E-state index contributed by atoms with van der Waals surface area (Å²) >= 11 is 0. The molecule has 1 fully saturated rings. The molecule has 5 nitrogen and oxygen atoms in total. The molecule has 2 aromatic carbocycles. The van der Waals surface area contributed by atoms with Gasteiger partial charge in [-0.2, -0.15) is 0 Å². The summed E-state index contributed by atoms with van der Waals surface area (Å²) < 4.78 is 5.14. The number of hydrogen-bond donors (Lipinski definition) is 1. The molecule has 0 saturated carbocycles. The maximum absolute atomic E-state index is 12.6. The van der Waals surface area contributed by atoms with E-state index >= 15 is 0 Å². The fourth-order valence-electron chi connectivity index (χ4n) is 3.21. The molecule has 0 radical (unpaired) electrons. The summed E-state index contributed by atoms with van der Waals surface area (Å²) in [7, 11) is 1.62. The van der Waals surface area contributed by atoms with E-state index in [9.17, 15) is 9.59 Å². The van der Waals surface area contributed by atoms with Crippen LogP contribution in [0.15, 0.2) is 54.6 Å². The third kappa shape index (κ3) is 4.63. The molecule has 1 aliphatic rings. The Morgan fingerprint density at radius 3 is 2.50 bits per heavy atom. The van der Waals surface area contributed by atoms with E-state index in [2.05, 4.69) is 5.32 Å². The van der Waals surface area contributed by atoms with Gasteiger partial charge in [-0.15, -0.1) is 0 Å². The number of carbonyl (C=O) groups excluding carboxylic acids is 2. The van der Waals surface area contributed by atoms with Gasteiger partial charge in [-0.1, -0.05) is 42.5 Å². The monoisotopic (exact) mass is 352 g/mol. The molecule has 26 heavy (non-hydrogen) atoms. The number of ether oxygens (including phenoxy) is 1. The molecule has 1 aliphatic heterocycles. The van der Waals surface area contributed by atoms with Crippen LogP contribution in [0.5, 0.6) is 5.75 Å². The lowest BCUT2D eigenvalue weighted by molar-refractivity contribution is -0.129. The summed E-state index contributed by atoms with van der Waals surface area (Å²) in [4.78, 5) is 26.4. The van der Waals surface area contributed by atoms with Crippen molar-refractivity contribution in [2.24, 2.45) is 0 Å². The number of nitrogens with zero attached hydrogens (tertiary/aromatic N) is 1. The van der Waals surface area contributed by atoms with Gasteiger partial charge in [-0.05, 0) is 29.7 Å². The third-order valence-corrected chi connectivity index (χ3v) is 4.64. The Morgan fingerprint density at radius 1 is 1.15 bits per heavy atom. The topological polar surface area (TPSA) is 58.6 Å². The maximum atomic E-state index is 12.6. The van der Waals surface area contributed by atoms with Crippen LogP contribution in [0.3, 0.4) is 0 Å². The molecule has 0 aliphatic carbocycles. The molecule has 1 heterocycles. The van der Waals surface area contributed by atoms with Gasteiger partial charge >= 0.3 is 0 Å². The number of nitrogens with one attached hydrogen (secondary N) is 1. The van der Waals surface area contributed by atoms with Crippen molar-refractivity contribution in [2.45, 2.75) is 25.3 Å². The molecule has 1 N–H and O–H groups in total. The van der Waals surface area contributed by atoms with Crippen LogP contribution in [-0.4, -0.2) is 36.9 Å². The standard InChI is InChI=1S/C21H24N2O3/c1-26-18-11-9-16(10-12-18)14-20(24)22-19(17-6-3-2-4-7-17)15-23-13-5-8-21(23)25/h2-4,6-7,9-12,19H,5,8,13-15H2,1H3,(H,22,24)/t19-/m0/s1. The van der Waals surface area contributed by atoms with Crippen LogP contribution in [0.1, 0.15) is 30.0 Å². The number of carbonyl (C=O) groups is 2. The van der Waals surface area contributed by atoms with Crippen molar-refractivity contribution >= 4 is 11.8 Å². The van der Waals surface area contributed by atoms with E-state index in [1.54, 1.807) is 7.11 Å². The van der Waals surface area contributed by atoms with Crippen molar-refractivity contribution in [2.75, 3.05) is 20.2 Å². The Balaban J connectivity index is 1.67. The highest BCUT2D eigenvalue weighted by Gasteiger charge is 2.25. The second-order valence-electron chi connectivity index (χ2n) is 6.50. The SMILES string of the molecule is COc1ccc(CC(=O)N[C@@H](CN2CCCC2=O)c2ccccc2)cc1. The lowest BCUT2D eigenvalue weighted by Gasteiger charge is -2.25. The van der Waals surface area contributed by atoms with Gasteiger partial charge in [0, 0.05) is 19.5 Å². The van der Waals surface area contributed by atoms with E-state index in [1.165, 1.54) is 0 Å². The average molecular weight is 352 g/mol. The van der Waals surface area contributed by atoms with Gasteiger partial charge in [0.05, 0.1) is 19.6 Å². The van der Waals surface area contributed by atoms with E-state index in [4.69, 9.17) is 4.74 Å². The Kier molecular flexibility index (Phi) is 5.89. The molecule has 3 rings (SSSR count). The first-order chi connectivity index (χ1) is 12.7. The smallest absolute Gasteiger partial charge is 0.224 e. The average Bonchev–Trinajstić information content (AvgIpc) is 3.07. The number of rotatable bonds is 7. The van der Waals surface area contributed by atoms with Crippen molar-refractivity contribution in [1.82, 2.24) is 10.2 Å². The van der Waals surface area contributed by atoms with E-state index in [0.717, 1.165) is 29.8 Å². The minimum Gasteiger partial charge on any atom is -0.497 e. The molecule has 5 heteroatoms. The van der Waals surface area contributed by atoms with Crippen LogP contribution in [0.4, 0.5) is 0 Å². The summed E-state index contributed by atoms with van der Waals surface area (Å²) in [5, 5.41) is 3.09. The predicted molar refractivity (Wildman–Crippen MR) is 99.8 cm³/mol. The first kappa shape index (κ1) is 18.0. The first-order valence-corrected chi connectivity index (χ1v) is 8.90. The number of methoxy groups -OCH3 is 1. The molecular weight excluding hydrogens is 328 g/mol. The Morgan fingerprint density at radius 2 is 1.88 bits per heavy atom. The molecule has 2 aromatic rings. The van der Waals surface area contributed by atoms with Gasteiger partial charge in [0.1, 0.15) is 5.75 Å². The Bertz CT molecular complexity index is 744. The molecule has 1 saturated heterocycles. The van der Waals surface area contributed by atoms with Crippen molar-refractivity contribution in [3.05, 3.63) is 65.7 Å². The highest BCUT2D eigenvalue weighted by atomic mass is 16.5. The molecule has 0 spiro atoms.